The topological polar surface area (TPSA) is 269 Å². The van der Waals surface area contributed by atoms with Crippen LogP contribution >= 0.6 is 0 Å². The summed E-state index contributed by atoms with van der Waals surface area (Å²) in [5.74, 6) is -3.73. The minimum Gasteiger partial charge on any atom is -0.508 e. The van der Waals surface area contributed by atoms with Crippen LogP contribution in [0.1, 0.15) is 179 Å². The summed E-state index contributed by atoms with van der Waals surface area (Å²) >= 11 is 0. The molecule has 4 aromatic rings. The summed E-state index contributed by atoms with van der Waals surface area (Å²) in [5.41, 5.74) is 12.3. The number of fused-ring (bicyclic) bond motifs is 11. The van der Waals surface area contributed by atoms with Crippen LogP contribution in [0.25, 0.3) is 11.0 Å². The maximum absolute atomic E-state index is 16.4. The summed E-state index contributed by atoms with van der Waals surface area (Å²) in [6.07, 6.45) is 23.2. The third-order valence-corrected chi connectivity index (χ3v) is 26.2. The molecule has 6 heterocycles. The third kappa shape index (κ3) is 8.21. The highest BCUT2D eigenvalue weighted by Crippen LogP contribution is 2.72. The second-order valence-electron chi connectivity index (χ2n) is 30.4. The number of dihydropyridines is 2. The summed E-state index contributed by atoms with van der Waals surface area (Å²) in [5, 5.41) is 97.6. The lowest BCUT2D eigenvalue weighted by molar-refractivity contribution is -0.172. The van der Waals surface area contributed by atoms with Gasteiger partial charge < -0.3 is 66.0 Å². The average molecular weight is 1250 g/mol. The van der Waals surface area contributed by atoms with Gasteiger partial charge in [0.05, 0.1) is 23.9 Å². The molecule has 14 aliphatic rings. The molecule has 5 aliphatic heterocycles. The van der Waals surface area contributed by atoms with E-state index in [1.54, 1.807) is 25.1 Å². The molecule has 4 saturated carbocycles. The molecule has 18 unspecified atom stereocenters. The molecule has 482 valence electrons. The molecule has 16 heteroatoms. The molecule has 18 atom stereocenters. The Kier molecular flexibility index (Phi) is 13.3. The van der Waals surface area contributed by atoms with Crippen molar-refractivity contribution < 1.29 is 54.4 Å². The molecule has 1 aromatic heterocycles. The molecule has 12 N–H and O–H groups in total. The van der Waals surface area contributed by atoms with Crippen LogP contribution in [0.5, 0.6) is 17.2 Å². The van der Waals surface area contributed by atoms with Crippen LogP contribution in [0, 0.1) is 40.9 Å². The van der Waals surface area contributed by atoms with Gasteiger partial charge >= 0.3 is 5.97 Å². The number of aliphatic hydroxyl groups is 5. The normalized spacial score (nSPS) is 39.2. The van der Waals surface area contributed by atoms with Crippen LogP contribution < -0.4 is 31.8 Å². The van der Waals surface area contributed by atoms with Gasteiger partial charge in [-0.05, 0) is 202 Å². The van der Waals surface area contributed by atoms with Crippen LogP contribution in [0.15, 0.2) is 134 Å². The lowest BCUT2D eigenvalue weighted by atomic mass is 9.47. The first-order chi connectivity index (χ1) is 44.3. The molecular weight excluding hydrogens is 1160 g/mol. The molecule has 2 spiro atoms. The Morgan fingerprint density at radius 1 is 0.935 bits per heavy atom. The molecule has 9 aliphatic carbocycles. The highest BCUT2D eigenvalue weighted by atomic mass is 16.6. The quantitative estimate of drug-likeness (QED) is 0.0505. The molecule has 0 radical (unpaired) electrons. The van der Waals surface area contributed by atoms with Gasteiger partial charge in [0.25, 0.3) is 0 Å². The van der Waals surface area contributed by atoms with Crippen molar-refractivity contribution in [3.8, 4) is 17.2 Å². The predicted molar refractivity (Wildman–Crippen MR) is 345 cm³/mol. The van der Waals surface area contributed by atoms with Gasteiger partial charge in [0.1, 0.15) is 69.9 Å². The van der Waals surface area contributed by atoms with E-state index in [1.807, 2.05) is 19.1 Å². The van der Waals surface area contributed by atoms with Gasteiger partial charge in [0.2, 0.25) is 0 Å². The van der Waals surface area contributed by atoms with E-state index in [2.05, 4.69) is 71.6 Å². The van der Waals surface area contributed by atoms with E-state index in [4.69, 9.17) is 19.6 Å². The summed E-state index contributed by atoms with van der Waals surface area (Å²) in [6, 6.07) is 12.9. The molecule has 18 rings (SSSR count). The van der Waals surface area contributed by atoms with Crippen molar-refractivity contribution in [2.75, 3.05) is 13.2 Å². The Balaban J connectivity index is 0.839. The second kappa shape index (κ2) is 20.8. The summed E-state index contributed by atoms with van der Waals surface area (Å²) in [7, 11) is 0. The Bertz CT molecular complexity index is 4160. The molecule has 92 heavy (non-hydrogen) atoms. The van der Waals surface area contributed by atoms with Gasteiger partial charge in [-0.15, -0.1) is 0 Å². The van der Waals surface area contributed by atoms with Crippen LogP contribution in [-0.2, 0) is 34.4 Å². The zero-order valence-corrected chi connectivity index (χ0v) is 52.8. The maximum Gasteiger partial charge on any atom is 0.337 e. The van der Waals surface area contributed by atoms with Crippen molar-refractivity contribution in [2.45, 2.75) is 194 Å². The van der Waals surface area contributed by atoms with Gasteiger partial charge in [0.15, 0.2) is 5.43 Å². The van der Waals surface area contributed by atoms with E-state index in [9.17, 15) is 40.5 Å². The number of aliphatic hydroxyl groups excluding tert-OH is 3. The van der Waals surface area contributed by atoms with Gasteiger partial charge in [-0.1, -0.05) is 73.6 Å². The highest BCUT2D eigenvalue weighted by Gasteiger charge is 2.67. The second-order valence-corrected chi connectivity index (χ2v) is 30.4. The number of phenols is 2. The van der Waals surface area contributed by atoms with Gasteiger partial charge in [-0.2, -0.15) is 0 Å². The van der Waals surface area contributed by atoms with Crippen molar-refractivity contribution in [1.29, 1.82) is 0 Å². The lowest BCUT2D eigenvalue weighted by Gasteiger charge is -2.59. The number of hydrogen-bond donors (Lipinski definition) is 11. The molecule has 16 nitrogen and oxygen atoms in total. The number of phenolic OH excluding ortho intramolecular Hbond substituents is 2. The van der Waals surface area contributed by atoms with Crippen LogP contribution in [0.3, 0.4) is 0 Å². The summed E-state index contributed by atoms with van der Waals surface area (Å²) < 4.78 is 22.0. The Morgan fingerprint density at radius 3 is 2.61 bits per heavy atom. The SMILES string of the molecule is CC=C(C(=O)OC1Cc2c3c(c4oc(CO)cc(=O)c4c2O)C2C4=CCNC(N)=C4C(CCc4ccc(O)cc4C2CO)C2CCC4=C5C=CC(C)NC5NC=C4CC2C1(C)O3)C1(O)CC2c3cccc4c3C3(C=CC2C1C3)CC1(CCC2CCCCC2(O)C1)C4O. The molecule has 3 aromatic carbocycles. The fourth-order valence-corrected chi connectivity index (χ4v) is 22.3. The van der Waals surface area contributed by atoms with E-state index in [1.165, 1.54) is 11.6 Å². The van der Waals surface area contributed by atoms with E-state index in [0.717, 1.165) is 83.1 Å². The molecule has 0 amide bonds. The van der Waals surface area contributed by atoms with Crippen molar-refractivity contribution in [1.82, 2.24) is 16.0 Å². The first kappa shape index (κ1) is 58.9. The van der Waals surface area contributed by atoms with Gasteiger partial charge in [-0.25, -0.2) is 4.79 Å². The molecule has 8 bridgehead atoms. The molecule has 0 saturated heterocycles. The number of ether oxygens (including phenoxy) is 2. The number of rotatable bonds is 5. The Morgan fingerprint density at radius 2 is 1.78 bits per heavy atom. The first-order valence-electron chi connectivity index (χ1n) is 34.3. The number of esters is 1. The number of carbonyl (C=O) groups excluding carboxylic acids is 1. The maximum atomic E-state index is 16.4. The van der Waals surface area contributed by atoms with Gasteiger partial charge in [-0.3, -0.25) is 10.1 Å². The van der Waals surface area contributed by atoms with Crippen molar-refractivity contribution in [3.05, 3.63) is 179 Å². The lowest BCUT2D eigenvalue weighted by Crippen LogP contribution is -2.59. The first-order valence-corrected chi connectivity index (χ1v) is 34.3. The van der Waals surface area contributed by atoms with Crippen molar-refractivity contribution in [3.63, 3.8) is 0 Å². The van der Waals surface area contributed by atoms with Crippen LogP contribution in [-0.4, -0.2) is 90.0 Å². The van der Waals surface area contributed by atoms with Crippen LogP contribution in [0.2, 0.25) is 0 Å². The van der Waals surface area contributed by atoms with Crippen molar-refractivity contribution >= 4 is 16.9 Å². The minimum absolute atomic E-state index is 0.0151. The zero-order chi connectivity index (χ0) is 63.3. The monoisotopic (exact) mass is 1250 g/mol. The third-order valence-electron chi connectivity index (χ3n) is 26.2. The standard InChI is InChI=1S/C76H86N4O12/c1-4-55(76(89)30-53-45-20-24-73(31-57(45)76)35-74(68(86)50-10-7-9-47(53)64(50)73)23-19-40-8-5-6-22-75(40,88)36-74)71(87)91-59-29-52-65(85)62-58(84)28-42(33-81)90-67(62)63-60-49-21-25-78-69(77)61(49)46(16-13-38-12-14-41(83)27-51(38)54(60)34-82)44-18-17-43-39(26-56(44)72(59,3)92-66(52)63)32-79-70-48(43)15-11-37(2)80-70/h4,7,9-12,14-15,20-21,24,27-28,32,37,40,44-46,53-54,56-57,59-60,68,70,78-83,85-86,88-89H,5-6,8,13,16-19,22-23,25-26,29-31,33-36,77H2,1-3H3. The molecular formula is C76H86N4O12. The molecule has 4 fully saturated rings. The Labute approximate surface area is 535 Å². The number of benzene rings is 3. The number of nitrogens with one attached hydrogen (secondary N) is 3. The summed E-state index contributed by atoms with van der Waals surface area (Å²) in [4.78, 5) is 31.2. The number of nitrogens with two attached hydrogens (primary N) is 1. The van der Waals surface area contributed by atoms with E-state index in [0.29, 0.717) is 74.9 Å². The largest absolute Gasteiger partial charge is 0.508 e. The smallest absolute Gasteiger partial charge is 0.337 e. The fourth-order valence-electron chi connectivity index (χ4n) is 22.3. The zero-order valence-electron chi connectivity index (χ0n) is 52.8. The number of carbonyl (C=O) groups is 1. The van der Waals surface area contributed by atoms with E-state index < -0.39 is 93.9 Å². The summed E-state index contributed by atoms with van der Waals surface area (Å²) in [6.45, 7) is 5.23. The number of hydrogen-bond acceptors (Lipinski definition) is 16. The Hall–Kier alpha value is -6.92. The highest BCUT2D eigenvalue weighted by molar-refractivity contribution is 5.93. The minimum atomic E-state index is -1.67. The number of aromatic hydroxyl groups is 2. The average Bonchev–Trinajstić information content (AvgIpc) is 1.41. The van der Waals surface area contributed by atoms with E-state index >= 15 is 4.79 Å². The predicted octanol–water partition coefficient (Wildman–Crippen LogP) is 9.35. The number of allylic oxidation sites excluding steroid dienone is 7. The van der Waals surface area contributed by atoms with Gasteiger partial charge in [0, 0.05) is 76.9 Å². The number of aryl methyl sites for hydroxylation is 1. The fraction of sp³-hybridized carbons (Fsp3) is 0.526. The van der Waals surface area contributed by atoms with Crippen molar-refractivity contribution in [2.24, 2.45) is 46.7 Å². The van der Waals surface area contributed by atoms with Crippen LogP contribution in [0.4, 0.5) is 0 Å². The van der Waals surface area contributed by atoms with E-state index in [-0.39, 0.29) is 94.0 Å².